The van der Waals surface area contributed by atoms with E-state index in [1.54, 1.807) is 30.5 Å². The molecule has 2 aromatic rings. The Bertz CT molecular complexity index is 999. The Morgan fingerprint density at radius 3 is 2.38 bits per heavy atom. The summed E-state index contributed by atoms with van der Waals surface area (Å²) in [4.78, 5) is 37.5. The zero-order valence-electron chi connectivity index (χ0n) is 19.5. The Morgan fingerprint density at radius 2 is 1.78 bits per heavy atom. The number of benzene rings is 1. The monoisotopic (exact) mass is 432 g/mol. The molecule has 1 fully saturated rings. The number of rotatable bonds is 7. The topological polar surface area (TPSA) is 66.4 Å². The van der Waals surface area contributed by atoms with Crippen LogP contribution in [0.15, 0.2) is 30.5 Å². The van der Waals surface area contributed by atoms with Crippen LogP contribution in [0.25, 0.3) is 0 Å². The lowest BCUT2D eigenvalue weighted by atomic mass is 10.1. The molecular weight excluding hydrogens is 400 g/mol. The fourth-order valence-electron chi connectivity index (χ4n) is 3.78. The van der Waals surface area contributed by atoms with E-state index in [4.69, 9.17) is 0 Å². The van der Waals surface area contributed by atoms with Crippen LogP contribution in [0.1, 0.15) is 85.0 Å². The van der Waals surface area contributed by atoms with Gasteiger partial charge in [-0.15, -0.1) is 0 Å². The molecule has 1 aromatic carbocycles. The zero-order chi connectivity index (χ0) is 23.1. The van der Waals surface area contributed by atoms with E-state index in [0.717, 1.165) is 30.2 Å². The van der Waals surface area contributed by atoms with E-state index >= 15 is 0 Å². The molecule has 0 N–H and O–H groups in total. The number of hydrogen-bond donors (Lipinski definition) is 0. The standard InChI is InChI=1S/C24H26N4O2.C2H6/c1-3-14-27(19-12-13-19)22-18(16-25-17(2)26-22)9-5-4-8-15-28-23(29)20-10-6-7-11-21(20)24(28)30;1-2/h6-7,10-11,16,19H,3-4,8,12-15H2,1-2H3;1-2H3. The van der Waals surface area contributed by atoms with Gasteiger partial charge in [0.1, 0.15) is 11.6 Å². The highest BCUT2D eigenvalue weighted by molar-refractivity contribution is 6.21. The van der Waals surface area contributed by atoms with Gasteiger partial charge in [-0.3, -0.25) is 14.5 Å². The highest BCUT2D eigenvalue weighted by atomic mass is 16.2. The van der Waals surface area contributed by atoms with Gasteiger partial charge in [0.2, 0.25) is 0 Å². The maximum atomic E-state index is 12.4. The van der Waals surface area contributed by atoms with Gasteiger partial charge in [0.15, 0.2) is 0 Å². The molecule has 4 rings (SSSR count). The second kappa shape index (κ2) is 10.9. The minimum Gasteiger partial charge on any atom is -0.352 e. The maximum Gasteiger partial charge on any atom is 0.261 e. The van der Waals surface area contributed by atoms with Crippen LogP contribution in [0.4, 0.5) is 5.82 Å². The molecule has 1 aromatic heterocycles. The van der Waals surface area contributed by atoms with E-state index in [1.165, 1.54) is 17.7 Å². The number of aryl methyl sites for hydroxylation is 1. The summed E-state index contributed by atoms with van der Waals surface area (Å²) >= 11 is 0. The molecule has 1 aliphatic heterocycles. The molecule has 2 amide bonds. The molecule has 6 nitrogen and oxygen atoms in total. The van der Waals surface area contributed by atoms with Crippen molar-refractivity contribution in [2.24, 2.45) is 0 Å². The van der Waals surface area contributed by atoms with Crippen molar-refractivity contribution in [3.8, 4) is 11.8 Å². The number of hydrogen-bond acceptors (Lipinski definition) is 5. The van der Waals surface area contributed by atoms with E-state index in [-0.39, 0.29) is 11.8 Å². The van der Waals surface area contributed by atoms with Gasteiger partial charge in [-0.05, 0) is 44.7 Å². The third-order valence-corrected chi connectivity index (χ3v) is 5.40. The summed E-state index contributed by atoms with van der Waals surface area (Å²) in [5.74, 6) is 7.67. The summed E-state index contributed by atoms with van der Waals surface area (Å²) in [6, 6.07) is 7.54. The molecule has 0 unspecified atom stereocenters. The van der Waals surface area contributed by atoms with Crippen LogP contribution in [-0.2, 0) is 0 Å². The Labute approximate surface area is 191 Å². The molecule has 0 saturated heterocycles. The molecule has 1 saturated carbocycles. The van der Waals surface area contributed by atoms with Gasteiger partial charge in [-0.2, -0.15) is 0 Å². The van der Waals surface area contributed by atoms with Gasteiger partial charge in [0, 0.05) is 31.7 Å². The molecule has 0 spiro atoms. The fraction of sp³-hybridized carbons (Fsp3) is 0.462. The van der Waals surface area contributed by atoms with Gasteiger partial charge < -0.3 is 4.90 Å². The molecule has 0 atom stereocenters. The quantitative estimate of drug-likeness (QED) is 0.363. The Morgan fingerprint density at radius 1 is 1.12 bits per heavy atom. The van der Waals surface area contributed by atoms with Crippen LogP contribution < -0.4 is 4.90 Å². The first-order chi connectivity index (χ1) is 15.6. The van der Waals surface area contributed by atoms with Crippen molar-refractivity contribution in [3.63, 3.8) is 0 Å². The lowest BCUT2D eigenvalue weighted by molar-refractivity contribution is 0.0653. The SMILES string of the molecule is CC.CCCN(c1nc(C)ncc1C#CCCCN1C(=O)c2ccccc2C1=O)C1CC1. The first-order valence-electron chi connectivity index (χ1n) is 11.6. The van der Waals surface area contributed by atoms with E-state index < -0.39 is 0 Å². The minimum atomic E-state index is -0.211. The number of nitrogens with zero attached hydrogens (tertiary/aromatic N) is 4. The summed E-state index contributed by atoms with van der Waals surface area (Å²) in [6.45, 7) is 9.42. The van der Waals surface area contributed by atoms with Crippen molar-refractivity contribution >= 4 is 17.6 Å². The van der Waals surface area contributed by atoms with Crippen LogP contribution in [0.2, 0.25) is 0 Å². The Hall–Kier alpha value is -3.20. The van der Waals surface area contributed by atoms with Gasteiger partial charge >= 0.3 is 0 Å². The Balaban J connectivity index is 0.00000141. The van der Waals surface area contributed by atoms with Crippen molar-refractivity contribution in [1.82, 2.24) is 14.9 Å². The van der Waals surface area contributed by atoms with E-state index in [9.17, 15) is 9.59 Å². The van der Waals surface area contributed by atoms with Crippen molar-refractivity contribution in [2.45, 2.75) is 65.8 Å². The van der Waals surface area contributed by atoms with Crippen LogP contribution in [0.3, 0.4) is 0 Å². The van der Waals surface area contributed by atoms with Crippen molar-refractivity contribution in [3.05, 3.63) is 53.0 Å². The molecule has 168 valence electrons. The number of amides is 2. The smallest absolute Gasteiger partial charge is 0.261 e. The highest BCUT2D eigenvalue weighted by Gasteiger charge is 2.34. The van der Waals surface area contributed by atoms with Gasteiger partial charge in [-0.1, -0.05) is 44.7 Å². The number of unbranched alkanes of at least 4 members (excludes halogenated alkanes) is 1. The third-order valence-electron chi connectivity index (χ3n) is 5.40. The van der Waals surface area contributed by atoms with Crippen LogP contribution >= 0.6 is 0 Å². The summed E-state index contributed by atoms with van der Waals surface area (Å²) in [6.07, 6.45) is 6.51. The third kappa shape index (κ3) is 5.16. The fourth-order valence-corrected chi connectivity index (χ4v) is 3.78. The van der Waals surface area contributed by atoms with Gasteiger partial charge in [-0.25, -0.2) is 9.97 Å². The second-order valence-corrected chi connectivity index (χ2v) is 7.79. The van der Waals surface area contributed by atoms with Crippen LogP contribution in [-0.4, -0.2) is 45.8 Å². The molecule has 6 heteroatoms. The first-order valence-corrected chi connectivity index (χ1v) is 11.6. The molecule has 32 heavy (non-hydrogen) atoms. The van der Waals surface area contributed by atoms with Crippen LogP contribution in [0, 0.1) is 18.8 Å². The number of aromatic nitrogens is 2. The Kier molecular flexibility index (Phi) is 7.99. The molecule has 1 aliphatic carbocycles. The number of imide groups is 1. The van der Waals surface area contributed by atoms with Crippen molar-refractivity contribution < 1.29 is 9.59 Å². The lowest BCUT2D eigenvalue weighted by Crippen LogP contribution is -2.30. The second-order valence-electron chi connectivity index (χ2n) is 7.79. The molecular formula is C26H32N4O2. The lowest BCUT2D eigenvalue weighted by Gasteiger charge is -2.24. The number of anilines is 1. The predicted molar refractivity (Wildman–Crippen MR) is 127 cm³/mol. The molecule has 2 aliphatic rings. The number of fused-ring (bicyclic) bond motifs is 1. The summed E-state index contributed by atoms with van der Waals surface area (Å²) < 4.78 is 0. The van der Waals surface area contributed by atoms with Gasteiger partial charge in [0.05, 0.1) is 16.7 Å². The van der Waals surface area contributed by atoms with Crippen LogP contribution in [0.5, 0.6) is 0 Å². The molecule has 0 bridgehead atoms. The first kappa shape index (κ1) is 23.5. The van der Waals surface area contributed by atoms with Gasteiger partial charge in [0.25, 0.3) is 11.8 Å². The normalized spacial score (nSPS) is 14.3. The summed E-state index contributed by atoms with van der Waals surface area (Å²) in [5, 5.41) is 0. The predicted octanol–water partition coefficient (Wildman–Crippen LogP) is 4.62. The van der Waals surface area contributed by atoms with E-state index in [2.05, 4.69) is 33.6 Å². The minimum absolute atomic E-state index is 0.211. The van der Waals surface area contributed by atoms with Crippen molar-refractivity contribution in [1.29, 1.82) is 0 Å². The zero-order valence-corrected chi connectivity index (χ0v) is 19.5. The molecule has 2 heterocycles. The maximum absolute atomic E-state index is 12.4. The highest BCUT2D eigenvalue weighted by Crippen LogP contribution is 2.32. The number of carbonyl (C=O) groups is 2. The van der Waals surface area contributed by atoms with Crippen molar-refractivity contribution in [2.75, 3.05) is 18.0 Å². The number of carbonyl (C=O) groups excluding carboxylic acids is 2. The average Bonchev–Trinajstić information content (AvgIpc) is 3.63. The van der Waals surface area contributed by atoms with E-state index in [1.807, 2.05) is 20.8 Å². The summed E-state index contributed by atoms with van der Waals surface area (Å²) in [7, 11) is 0. The molecule has 0 radical (unpaired) electrons. The summed E-state index contributed by atoms with van der Waals surface area (Å²) in [5.41, 5.74) is 1.83. The largest absolute Gasteiger partial charge is 0.352 e. The average molecular weight is 433 g/mol. The van der Waals surface area contributed by atoms with E-state index in [0.29, 0.717) is 36.6 Å².